The van der Waals surface area contributed by atoms with E-state index in [1.165, 1.54) is 4.90 Å². The largest absolute Gasteiger partial charge is 0.391 e. The number of carbonyl (C=O) groups is 2. The Kier molecular flexibility index (Phi) is 7.67. The van der Waals surface area contributed by atoms with Crippen LogP contribution in [0.1, 0.15) is 24.0 Å². The minimum Gasteiger partial charge on any atom is -0.391 e. The molecule has 0 spiro atoms. The molecule has 0 radical (unpaired) electrons. The topological polar surface area (TPSA) is 101 Å². The number of nitrogens with two attached hydrogens (primary N) is 2. The van der Waals surface area contributed by atoms with Crippen molar-refractivity contribution in [3.05, 3.63) is 83.9 Å². The second kappa shape index (κ2) is 10.9. The van der Waals surface area contributed by atoms with Crippen LogP contribution in [0.25, 0.3) is 10.8 Å². The predicted molar refractivity (Wildman–Crippen MR) is 139 cm³/mol. The molecule has 6 nitrogen and oxygen atoms in total. The van der Waals surface area contributed by atoms with Crippen LogP contribution in [-0.2, 0) is 22.6 Å². The third kappa shape index (κ3) is 5.50. The summed E-state index contributed by atoms with van der Waals surface area (Å²) in [5.41, 5.74) is 14.3. The molecule has 1 fully saturated rings. The lowest BCUT2D eigenvalue weighted by molar-refractivity contribution is -0.139. The minimum absolute atomic E-state index is 0.0131. The molecule has 0 saturated carbocycles. The normalized spacial score (nSPS) is 17.3. The Morgan fingerprint density at radius 2 is 1.71 bits per heavy atom. The van der Waals surface area contributed by atoms with Crippen molar-refractivity contribution < 1.29 is 9.59 Å². The van der Waals surface area contributed by atoms with Crippen LogP contribution in [0, 0.1) is 0 Å². The minimum atomic E-state index is -1.01. The standard InChI is InChI=1S/C27H30N4O2S/c28-22(16-19-12-13-20-9-4-5-10-21(20)15-19)27(33)31(17-18-7-2-1-3-8-18)24(26(29)34)25(32)23-11-6-14-30-23/h1-5,7-10,12-13,15,22-24,30H,6,11,14,16-17,28H2,(H2,29,34)/t22?,23-,24?/m0/s1. The molecule has 0 aliphatic carbocycles. The van der Waals surface area contributed by atoms with Crippen LogP contribution in [0.3, 0.4) is 0 Å². The van der Waals surface area contributed by atoms with E-state index in [4.69, 9.17) is 23.7 Å². The summed E-state index contributed by atoms with van der Waals surface area (Å²) in [5.74, 6) is -0.520. The van der Waals surface area contributed by atoms with Crippen LogP contribution in [-0.4, -0.2) is 46.2 Å². The van der Waals surface area contributed by atoms with E-state index in [1.807, 2.05) is 72.8 Å². The maximum Gasteiger partial charge on any atom is 0.241 e. The van der Waals surface area contributed by atoms with Gasteiger partial charge in [-0.25, -0.2) is 0 Å². The average Bonchev–Trinajstić information content (AvgIpc) is 3.38. The highest BCUT2D eigenvalue weighted by Crippen LogP contribution is 2.20. The SMILES string of the molecule is NC(=S)C(C(=O)[C@@H]1CCCN1)N(Cc1ccccc1)C(=O)C(N)Cc1ccc2ccccc2c1. The molecule has 0 bridgehead atoms. The summed E-state index contributed by atoms with van der Waals surface area (Å²) in [7, 11) is 0. The zero-order chi connectivity index (χ0) is 24.1. The first-order valence-corrected chi connectivity index (χ1v) is 12.0. The van der Waals surface area contributed by atoms with E-state index in [0.717, 1.165) is 34.9 Å². The van der Waals surface area contributed by atoms with Gasteiger partial charge in [-0.15, -0.1) is 0 Å². The van der Waals surface area contributed by atoms with Gasteiger partial charge in [0.05, 0.1) is 12.1 Å². The molecule has 1 saturated heterocycles. The fourth-order valence-corrected chi connectivity index (χ4v) is 4.81. The van der Waals surface area contributed by atoms with Gasteiger partial charge in [0.1, 0.15) is 11.0 Å². The molecule has 176 valence electrons. The van der Waals surface area contributed by atoms with Crippen molar-refractivity contribution in [2.75, 3.05) is 6.54 Å². The molecule has 4 rings (SSSR count). The lowest BCUT2D eigenvalue weighted by Crippen LogP contribution is -2.58. The number of Topliss-reactive ketones (excluding diaryl/α,β-unsaturated/α-hetero) is 1. The number of fused-ring (bicyclic) bond motifs is 1. The number of rotatable bonds is 9. The molecule has 0 aromatic heterocycles. The molecule has 3 aromatic carbocycles. The summed E-state index contributed by atoms with van der Waals surface area (Å²) in [4.78, 5) is 28.5. The summed E-state index contributed by atoms with van der Waals surface area (Å²) in [5, 5.41) is 5.41. The smallest absolute Gasteiger partial charge is 0.241 e. The van der Waals surface area contributed by atoms with Gasteiger partial charge in [0, 0.05) is 6.54 Å². The molecule has 3 atom stereocenters. The highest BCUT2D eigenvalue weighted by molar-refractivity contribution is 7.80. The summed E-state index contributed by atoms with van der Waals surface area (Å²) < 4.78 is 0. The molecule has 34 heavy (non-hydrogen) atoms. The summed E-state index contributed by atoms with van der Waals surface area (Å²) in [6, 6.07) is 21.4. The van der Waals surface area contributed by atoms with E-state index in [1.54, 1.807) is 0 Å². The maximum absolute atomic E-state index is 13.7. The van der Waals surface area contributed by atoms with Crippen LogP contribution in [0.2, 0.25) is 0 Å². The monoisotopic (exact) mass is 474 g/mol. The quantitative estimate of drug-likeness (QED) is 0.412. The van der Waals surface area contributed by atoms with Gasteiger partial charge in [0.15, 0.2) is 5.78 Å². The number of hydrogen-bond donors (Lipinski definition) is 3. The number of nitrogens with zero attached hydrogens (tertiary/aromatic N) is 1. The average molecular weight is 475 g/mol. The number of ketones is 1. The number of thiocarbonyl (C=S) groups is 1. The van der Waals surface area contributed by atoms with Crippen molar-refractivity contribution in [1.29, 1.82) is 0 Å². The van der Waals surface area contributed by atoms with E-state index in [-0.39, 0.29) is 29.3 Å². The number of nitrogens with one attached hydrogen (secondary N) is 1. The number of hydrogen-bond acceptors (Lipinski definition) is 5. The molecule has 7 heteroatoms. The number of benzene rings is 3. The Bertz CT molecular complexity index is 1180. The Morgan fingerprint density at radius 3 is 2.38 bits per heavy atom. The van der Waals surface area contributed by atoms with Crippen LogP contribution in [0.15, 0.2) is 72.8 Å². The van der Waals surface area contributed by atoms with Gasteiger partial charge in [-0.05, 0) is 47.7 Å². The van der Waals surface area contributed by atoms with Gasteiger partial charge in [-0.2, -0.15) is 0 Å². The third-order valence-electron chi connectivity index (χ3n) is 6.32. The Hall–Kier alpha value is -3.13. The van der Waals surface area contributed by atoms with Gasteiger partial charge in [-0.3, -0.25) is 9.59 Å². The van der Waals surface area contributed by atoms with Gasteiger partial charge < -0.3 is 21.7 Å². The Balaban J connectivity index is 1.61. The molecule has 1 aliphatic heterocycles. The molecule has 3 aromatic rings. The molecule has 1 aliphatic rings. The second-order valence-electron chi connectivity index (χ2n) is 8.80. The van der Waals surface area contributed by atoms with Crippen LogP contribution >= 0.6 is 12.2 Å². The number of amides is 1. The Morgan fingerprint density at radius 1 is 1.00 bits per heavy atom. The van der Waals surface area contributed by atoms with Gasteiger partial charge in [-0.1, -0.05) is 85.0 Å². The van der Waals surface area contributed by atoms with E-state index in [0.29, 0.717) is 12.8 Å². The molecule has 2 unspecified atom stereocenters. The van der Waals surface area contributed by atoms with E-state index in [9.17, 15) is 9.59 Å². The number of carbonyl (C=O) groups excluding carboxylic acids is 2. The highest BCUT2D eigenvalue weighted by atomic mass is 32.1. The molecule has 1 amide bonds. The first-order valence-electron chi connectivity index (χ1n) is 11.6. The molecular weight excluding hydrogens is 444 g/mol. The van der Waals surface area contributed by atoms with Gasteiger partial charge in [0.2, 0.25) is 5.91 Å². The molecular formula is C27H30N4O2S. The van der Waals surface area contributed by atoms with Crippen molar-refractivity contribution in [2.45, 2.75) is 43.9 Å². The second-order valence-corrected chi connectivity index (χ2v) is 9.27. The Labute approximate surface area is 205 Å². The van der Waals surface area contributed by atoms with Crippen molar-refractivity contribution >= 4 is 39.7 Å². The van der Waals surface area contributed by atoms with Gasteiger partial charge >= 0.3 is 0 Å². The van der Waals surface area contributed by atoms with E-state index >= 15 is 0 Å². The fourth-order valence-electron chi connectivity index (χ4n) is 4.56. The van der Waals surface area contributed by atoms with Crippen LogP contribution in [0.5, 0.6) is 0 Å². The lowest BCUT2D eigenvalue weighted by atomic mass is 9.98. The van der Waals surface area contributed by atoms with Crippen molar-refractivity contribution in [1.82, 2.24) is 10.2 Å². The molecule has 5 N–H and O–H groups in total. The van der Waals surface area contributed by atoms with Crippen molar-refractivity contribution in [3.8, 4) is 0 Å². The van der Waals surface area contributed by atoms with Gasteiger partial charge in [0.25, 0.3) is 0 Å². The van der Waals surface area contributed by atoms with Crippen LogP contribution < -0.4 is 16.8 Å². The fraction of sp³-hybridized carbons (Fsp3) is 0.296. The zero-order valence-electron chi connectivity index (χ0n) is 19.0. The first-order chi connectivity index (χ1) is 16.4. The lowest BCUT2D eigenvalue weighted by Gasteiger charge is -2.33. The van der Waals surface area contributed by atoms with Crippen molar-refractivity contribution in [3.63, 3.8) is 0 Å². The first kappa shape index (κ1) is 24.0. The van der Waals surface area contributed by atoms with Crippen molar-refractivity contribution in [2.24, 2.45) is 11.5 Å². The highest BCUT2D eigenvalue weighted by Gasteiger charge is 2.38. The molecule has 1 heterocycles. The van der Waals surface area contributed by atoms with E-state index < -0.39 is 12.1 Å². The summed E-state index contributed by atoms with van der Waals surface area (Å²) >= 11 is 5.30. The van der Waals surface area contributed by atoms with E-state index in [2.05, 4.69) is 5.32 Å². The zero-order valence-corrected chi connectivity index (χ0v) is 19.8. The predicted octanol–water partition coefficient (Wildman–Crippen LogP) is 2.71. The maximum atomic E-state index is 13.7. The van der Waals surface area contributed by atoms with Crippen LogP contribution in [0.4, 0.5) is 0 Å². The summed E-state index contributed by atoms with van der Waals surface area (Å²) in [6.45, 7) is 0.958. The summed E-state index contributed by atoms with van der Waals surface area (Å²) in [6.07, 6.45) is 1.94. The third-order valence-corrected chi connectivity index (χ3v) is 6.54.